The number of hydrogen-bond donors (Lipinski definition) is 0. The maximum atomic E-state index is 13.1. The topological polar surface area (TPSA) is 70.2 Å². The standard InChI is InChI=1S/C23H18F3N3O3/c1-14-4-3-5-16(12-14)13-29-15(2)6-11-19(22(29)30)21-27-20(28-32-21)17-7-9-18(10-8-17)31-23(24,25)26/h3-12H,13H2,1-2H3. The van der Waals surface area contributed by atoms with Crippen LogP contribution in [0.3, 0.4) is 0 Å². The lowest BCUT2D eigenvalue weighted by atomic mass is 10.1. The molecule has 0 amide bonds. The van der Waals surface area contributed by atoms with Gasteiger partial charge in [0, 0.05) is 11.3 Å². The van der Waals surface area contributed by atoms with Crippen LogP contribution in [0.1, 0.15) is 16.8 Å². The van der Waals surface area contributed by atoms with Crippen LogP contribution < -0.4 is 10.3 Å². The minimum Gasteiger partial charge on any atom is -0.406 e. The van der Waals surface area contributed by atoms with Gasteiger partial charge in [0.15, 0.2) is 0 Å². The number of benzene rings is 2. The Balaban J connectivity index is 1.62. The molecule has 0 atom stereocenters. The summed E-state index contributed by atoms with van der Waals surface area (Å²) in [6, 6.07) is 16.3. The number of ether oxygens (including phenoxy) is 1. The molecular formula is C23H18F3N3O3. The lowest BCUT2D eigenvalue weighted by molar-refractivity contribution is -0.274. The number of alkyl halides is 3. The second-order valence-corrected chi connectivity index (χ2v) is 7.26. The van der Waals surface area contributed by atoms with E-state index in [1.807, 2.05) is 38.1 Å². The zero-order valence-electron chi connectivity index (χ0n) is 17.2. The van der Waals surface area contributed by atoms with Gasteiger partial charge >= 0.3 is 6.36 Å². The second kappa shape index (κ2) is 8.33. The van der Waals surface area contributed by atoms with Crippen molar-refractivity contribution in [2.24, 2.45) is 0 Å². The van der Waals surface area contributed by atoms with E-state index in [-0.39, 0.29) is 28.6 Å². The lowest BCUT2D eigenvalue weighted by Gasteiger charge is -2.11. The van der Waals surface area contributed by atoms with Crippen LogP contribution in [-0.2, 0) is 6.54 Å². The molecule has 2 aromatic heterocycles. The summed E-state index contributed by atoms with van der Waals surface area (Å²) in [6.07, 6.45) is -4.77. The first-order valence-corrected chi connectivity index (χ1v) is 9.66. The molecule has 0 fully saturated rings. The molecule has 2 heterocycles. The highest BCUT2D eigenvalue weighted by Gasteiger charge is 2.31. The quantitative estimate of drug-likeness (QED) is 0.430. The molecule has 0 spiro atoms. The normalized spacial score (nSPS) is 11.5. The Morgan fingerprint density at radius 2 is 1.78 bits per heavy atom. The molecule has 164 valence electrons. The molecule has 6 nitrogen and oxygen atoms in total. The fraction of sp³-hybridized carbons (Fsp3) is 0.174. The van der Waals surface area contributed by atoms with E-state index in [4.69, 9.17) is 4.52 Å². The summed E-state index contributed by atoms with van der Waals surface area (Å²) in [5, 5.41) is 3.86. The van der Waals surface area contributed by atoms with Crippen LogP contribution in [0.5, 0.6) is 5.75 Å². The summed E-state index contributed by atoms with van der Waals surface area (Å²) >= 11 is 0. The zero-order valence-corrected chi connectivity index (χ0v) is 17.2. The van der Waals surface area contributed by atoms with Crippen molar-refractivity contribution in [2.75, 3.05) is 0 Å². The minimum atomic E-state index is -4.77. The van der Waals surface area contributed by atoms with Crippen molar-refractivity contribution in [2.45, 2.75) is 26.8 Å². The molecule has 0 radical (unpaired) electrons. The van der Waals surface area contributed by atoms with E-state index in [9.17, 15) is 18.0 Å². The summed E-state index contributed by atoms with van der Waals surface area (Å²) in [5.41, 5.74) is 3.23. The minimum absolute atomic E-state index is 0.0265. The van der Waals surface area contributed by atoms with Crippen molar-refractivity contribution in [1.82, 2.24) is 14.7 Å². The third kappa shape index (κ3) is 4.72. The van der Waals surface area contributed by atoms with Crippen LogP contribution in [-0.4, -0.2) is 21.1 Å². The lowest BCUT2D eigenvalue weighted by Crippen LogP contribution is -2.24. The van der Waals surface area contributed by atoms with Gasteiger partial charge in [-0.15, -0.1) is 13.2 Å². The van der Waals surface area contributed by atoms with E-state index < -0.39 is 6.36 Å². The number of hydrogen-bond acceptors (Lipinski definition) is 5. The third-order valence-electron chi connectivity index (χ3n) is 4.82. The van der Waals surface area contributed by atoms with Gasteiger partial charge in [-0.3, -0.25) is 4.79 Å². The van der Waals surface area contributed by atoms with Gasteiger partial charge in [-0.1, -0.05) is 35.0 Å². The Morgan fingerprint density at radius 3 is 2.47 bits per heavy atom. The van der Waals surface area contributed by atoms with E-state index in [1.54, 1.807) is 16.7 Å². The SMILES string of the molecule is Cc1cccc(Cn2c(C)ccc(-c3nc(-c4ccc(OC(F)(F)F)cc4)no3)c2=O)c1. The molecule has 0 N–H and O–H groups in total. The highest BCUT2D eigenvalue weighted by atomic mass is 19.4. The van der Waals surface area contributed by atoms with Crippen LogP contribution in [0, 0.1) is 13.8 Å². The Hall–Kier alpha value is -3.88. The summed E-state index contributed by atoms with van der Waals surface area (Å²) in [6.45, 7) is 4.21. The number of pyridine rings is 1. The average molecular weight is 441 g/mol. The predicted octanol–water partition coefficient (Wildman–Crippen LogP) is 5.13. The molecule has 0 saturated carbocycles. The molecule has 0 aliphatic heterocycles. The Bertz CT molecular complexity index is 1310. The van der Waals surface area contributed by atoms with E-state index in [0.717, 1.165) is 29.0 Å². The van der Waals surface area contributed by atoms with E-state index >= 15 is 0 Å². The smallest absolute Gasteiger partial charge is 0.406 e. The highest BCUT2D eigenvalue weighted by Crippen LogP contribution is 2.26. The molecule has 4 rings (SSSR count). The maximum absolute atomic E-state index is 13.1. The largest absolute Gasteiger partial charge is 0.573 e. The first kappa shape index (κ1) is 21.4. The van der Waals surface area contributed by atoms with Crippen LogP contribution in [0.25, 0.3) is 22.8 Å². The van der Waals surface area contributed by atoms with Crippen LogP contribution in [0.15, 0.2) is 70.0 Å². The van der Waals surface area contributed by atoms with Gasteiger partial charge in [-0.25, -0.2) is 0 Å². The first-order chi connectivity index (χ1) is 15.2. The van der Waals surface area contributed by atoms with Gasteiger partial charge < -0.3 is 13.8 Å². The van der Waals surface area contributed by atoms with Crippen molar-refractivity contribution >= 4 is 0 Å². The summed E-state index contributed by atoms with van der Waals surface area (Å²) < 4.78 is 47.7. The third-order valence-corrected chi connectivity index (χ3v) is 4.82. The molecule has 9 heteroatoms. The Labute approximate surface area is 180 Å². The molecule has 0 saturated heterocycles. The molecular weight excluding hydrogens is 423 g/mol. The van der Waals surface area contributed by atoms with Gasteiger partial charge in [0.1, 0.15) is 11.3 Å². The van der Waals surface area contributed by atoms with Crippen molar-refractivity contribution in [3.63, 3.8) is 0 Å². The summed E-state index contributed by atoms with van der Waals surface area (Å²) in [5.74, 6) is -0.190. The van der Waals surface area contributed by atoms with Crippen molar-refractivity contribution in [1.29, 1.82) is 0 Å². The van der Waals surface area contributed by atoms with Crippen molar-refractivity contribution in [3.05, 3.63) is 87.8 Å². The van der Waals surface area contributed by atoms with Crippen molar-refractivity contribution < 1.29 is 22.4 Å². The van der Waals surface area contributed by atoms with Crippen LogP contribution in [0.4, 0.5) is 13.2 Å². The van der Waals surface area contributed by atoms with Gasteiger partial charge in [-0.05, 0) is 55.8 Å². The molecule has 0 aliphatic rings. The first-order valence-electron chi connectivity index (χ1n) is 9.66. The summed E-state index contributed by atoms with van der Waals surface area (Å²) in [7, 11) is 0. The van der Waals surface area contributed by atoms with Crippen LogP contribution in [0.2, 0.25) is 0 Å². The Morgan fingerprint density at radius 1 is 1.03 bits per heavy atom. The zero-order chi connectivity index (χ0) is 22.9. The van der Waals surface area contributed by atoms with Gasteiger partial charge in [0.05, 0.1) is 6.54 Å². The fourth-order valence-electron chi connectivity index (χ4n) is 3.28. The molecule has 2 aromatic carbocycles. The van der Waals surface area contributed by atoms with E-state index in [0.29, 0.717) is 12.1 Å². The van der Waals surface area contributed by atoms with Crippen molar-refractivity contribution in [3.8, 4) is 28.6 Å². The predicted molar refractivity (Wildman–Crippen MR) is 111 cm³/mol. The fourth-order valence-corrected chi connectivity index (χ4v) is 3.28. The number of aryl methyl sites for hydroxylation is 2. The van der Waals surface area contributed by atoms with E-state index in [2.05, 4.69) is 14.9 Å². The molecule has 0 bridgehead atoms. The average Bonchev–Trinajstić information content (AvgIpc) is 3.20. The van der Waals surface area contributed by atoms with Gasteiger partial charge in [-0.2, -0.15) is 4.98 Å². The second-order valence-electron chi connectivity index (χ2n) is 7.26. The number of nitrogens with zero attached hydrogens (tertiary/aromatic N) is 3. The van der Waals surface area contributed by atoms with Gasteiger partial charge in [0.2, 0.25) is 5.82 Å². The molecule has 4 aromatic rings. The number of rotatable bonds is 5. The Kier molecular flexibility index (Phi) is 5.56. The van der Waals surface area contributed by atoms with Gasteiger partial charge in [0.25, 0.3) is 11.4 Å². The maximum Gasteiger partial charge on any atom is 0.573 e. The number of aromatic nitrogens is 3. The monoisotopic (exact) mass is 441 g/mol. The molecule has 32 heavy (non-hydrogen) atoms. The van der Waals surface area contributed by atoms with Crippen LogP contribution >= 0.6 is 0 Å². The van der Waals surface area contributed by atoms with E-state index in [1.165, 1.54) is 12.1 Å². The summed E-state index contributed by atoms with van der Waals surface area (Å²) in [4.78, 5) is 17.4. The highest BCUT2D eigenvalue weighted by molar-refractivity contribution is 5.60. The molecule has 0 unspecified atom stereocenters. The number of halogens is 3. The molecule has 0 aliphatic carbocycles.